The third-order valence-electron chi connectivity index (χ3n) is 3.90. The van der Waals surface area contributed by atoms with E-state index in [0.717, 1.165) is 6.07 Å². The molecule has 0 aliphatic carbocycles. The van der Waals surface area contributed by atoms with Gasteiger partial charge in [-0.25, -0.2) is 4.39 Å². The quantitative estimate of drug-likeness (QED) is 0.903. The lowest BCUT2D eigenvalue weighted by molar-refractivity contribution is -0.121. The largest absolute Gasteiger partial charge is 0.374 e. The standard InChI is InChI=1S/C15H17FN2O2/c1-8-9(2)20-10(3)14(8)15(19)18-13-5-4-12(16)6-11(13)7-17/h4-6,8-10,14H,1-3H3,(H,18,19). The molecule has 1 aromatic carbocycles. The van der Waals surface area contributed by atoms with Crippen LogP contribution >= 0.6 is 0 Å². The van der Waals surface area contributed by atoms with Crippen molar-refractivity contribution in [3.63, 3.8) is 0 Å². The molecule has 4 nitrogen and oxygen atoms in total. The molecule has 0 bridgehead atoms. The van der Waals surface area contributed by atoms with E-state index in [9.17, 15) is 9.18 Å². The molecule has 0 radical (unpaired) electrons. The molecule has 2 rings (SSSR count). The topological polar surface area (TPSA) is 62.1 Å². The molecular formula is C15H17FN2O2. The van der Waals surface area contributed by atoms with E-state index >= 15 is 0 Å². The summed E-state index contributed by atoms with van der Waals surface area (Å²) in [6, 6.07) is 5.61. The molecule has 0 saturated carbocycles. The lowest BCUT2D eigenvalue weighted by Crippen LogP contribution is -2.32. The van der Waals surface area contributed by atoms with Crippen LogP contribution in [0.4, 0.5) is 10.1 Å². The lowest BCUT2D eigenvalue weighted by atomic mass is 9.88. The summed E-state index contributed by atoms with van der Waals surface area (Å²) in [5, 5.41) is 11.7. The van der Waals surface area contributed by atoms with E-state index in [1.807, 2.05) is 26.8 Å². The molecule has 1 aliphatic heterocycles. The molecule has 0 spiro atoms. The molecule has 1 N–H and O–H groups in total. The Morgan fingerprint density at radius 3 is 2.60 bits per heavy atom. The zero-order chi connectivity index (χ0) is 14.9. The van der Waals surface area contributed by atoms with Crippen LogP contribution < -0.4 is 5.32 Å². The molecule has 1 aliphatic rings. The molecule has 106 valence electrons. The highest BCUT2D eigenvalue weighted by molar-refractivity contribution is 5.94. The molecule has 5 heteroatoms. The normalized spacial score (nSPS) is 28.9. The van der Waals surface area contributed by atoms with Crippen LogP contribution in [0.15, 0.2) is 18.2 Å². The maximum atomic E-state index is 13.1. The van der Waals surface area contributed by atoms with Crippen LogP contribution in [-0.4, -0.2) is 18.1 Å². The molecule has 4 atom stereocenters. The van der Waals surface area contributed by atoms with Crippen molar-refractivity contribution in [3.8, 4) is 6.07 Å². The number of carbonyl (C=O) groups excluding carboxylic acids is 1. The first-order valence-electron chi connectivity index (χ1n) is 6.60. The highest BCUT2D eigenvalue weighted by Gasteiger charge is 2.41. The molecule has 1 saturated heterocycles. The summed E-state index contributed by atoms with van der Waals surface area (Å²) in [5.41, 5.74) is 0.448. The number of benzene rings is 1. The van der Waals surface area contributed by atoms with Crippen molar-refractivity contribution in [2.24, 2.45) is 11.8 Å². The van der Waals surface area contributed by atoms with Gasteiger partial charge in [0, 0.05) is 0 Å². The predicted molar refractivity (Wildman–Crippen MR) is 72.4 cm³/mol. The molecule has 20 heavy (non-hydrogen) atoms. The van der Waals surface area contributed by atoms with Crippen LogP contribution in [0.2, 0.25) is 0 Å². The number of anilines is 1. The number of hydrogen-bond acceptors (Lipinski definition) is 3. The minimum absolute atomic E-state index is 0.0180. The van der Waals surface area contributed by atoms with Crippen molar-refractivity contribution >= 4 is 11.6 Å². The van der Waals surface area contributed by atoms with Gasteiger partial charge in [-0.2, -0.15) is 5.26 Å². The van der Waals surface area contributed by atoms with Gasteiger partial charge in [0.1, 0.15) is 11.9 Å². The van der Waals surface area contributed by atoms with Gasteiger partial charge in [0.25, 0.3) is 0 Å². The Morgan fingerprint density at radius 1 is 1.35 bits per heavy atom. The summed E-state index contributed by atoms with van der Waals surface area (Å²) in [6.45, 7) is 5.77. The van der Waals surface area contributed by atoms with E-state index in [1.54, 1.807) is 0 Å². The SMILES string of the molecule is CC1OC(C)C(C(=O)Nc2ccc(F)cc2C#N)C1C. The molecule has 1 aromatic rings. The first-order valence-corrected chi connectivity index (χ1v) is 6.60. The van der Waals surface area contributed by atoms with E-state index < -0.39 is 5.82 Å². The molecule has 1 amide bonds. The van der Waals surface area contributed by atoms with Crippen LogP contribution in [0.1, 0.15) is 26.3 Å². The Morgan fingerprint density at radius 2 is 2.05 bits per heavy atom. The number of amides is 1. The van der Waals surface area contributed by atoms with E-state index in [1.165, 1.54) is 12.1 Å². The van der Waals surface area contributed by atoms with Gasteiger partial charge in [0.15, 0.2) is 0 Å². The second kappa shape index (κ2) is 5.59. The predicted octanol–water partition coefficient (Wildman–Crippen LogP) is 2.70. The van der Waals surface area contributed by atoms with E-state index in [-0.39, 0.29) is 35.5 Å². The molecule has 1 heterocycles. The van der Waals surface area contributed by atoms with Gasteiger partial charge in [-0.1, -0.05) is 6.92 Å². The van der Waals surface area contributed by atoms with E-state index in [4.69, 9.17) is 10.00 Å². The summed E-state index contributed by atoms with van der Waals surface area (Å²) in [4.78, 5) is 12.3. The van der Waals surface area contributed by atoms with Crippen LogP contribution in [-0.2, 0) is 9.53 Å². The molecule has 0 aromatic heterocycles. The summed E-state index contributed by atoms with van der Waals surface area (Å²) >= 11 is 0. The number of rotatable bonds is 2. The van der Waals surface area contributed by atoms with Crippen molar-refractivity contribution in [3.05, 3.63) is 29.6 Å². The van der Waals surface area contributed by atoms with Gasteiger partial charge in [0.2, 0.25) is 5.91 Å². The smallest absolute Gasteiger partial charge is 0.230 e. The zero-order valence-corrected chi connectivity index (χ0v) is 11.7. The average molecular weight is 276 g/mol. The average Bonchev–Trinajstić information content (AvgIpc) is 2.65. The summed E-state index contributed by atoms with van der Waals surface area (Å²) in [6.07, 6.45) is -0.157. The fourth-order valence-corrected chi connectivity index (χ4v) is 2.65. The van der Waals surface area contributed by atoms with Gasteiger partial charge in [0.05, 0.1) is 29.4 Å². The van der Waals surface area contributed by atoms with Gasteiger partial charge in [-0.15, -0.1) is 0 Å². The fourth-order valence-electron chi connectivity index (χ4n) is 2.65. The number of ether oxygens (including phenoxy) is 1. The second-order valence-corrected chi connectivity index (χ2v) is 5.22. The summed E-state index contributed by atoms with van der Waals surface area (Å²) in [7, 11) is 0. The van der Waals surface area contributed by atoms with Crippen molar-refractivity contribution < 1.29 is 13.9 Å². The first-order chi connectivity index (χ1) is 9.43. The van der Waals surface area contributed by atoms with Gasteiger partial charge >= 0.3 is 0 Å². The maximum Gasteiger partial charge on any atom is 0.230 e. The van der Waals surface area contributed by atoms with Crippen molar-refractivity contribution in [1.29, 1.82) is 5.26 Å². The molecule has 1 fully saturated rings. The third kappa shape index (κ3) is 2.66. The minimum atomic E-state index is -0.501. The van der Waals surface area contributed by atoms with E-state index in [2.05, 4.69) is 5.32 Å². The van der Waals surface area contributed by atoms with Crippen LogP contribution in [0.25, 0.3) is 0 Å². The molecular weight excluding hydrogens is 259 g/mol. The van der Waals surface area contributed by atoms with Gasteiger partial charge in [-0.3, -0.25) is 4.79 Å². The summed E-state index contributed by atoms with van der Waals surface area (Å²) < 4.78 is 18.7. The maximum absolute atomic E-state index is 13.1. The first kappa shape index (κ1) is 14.5. The van der Waals surface area contributed by atoms with Crippen LogP contribution in [0.3, 0.4) is 0 Å². The number of nitrogens with zero attached hydrogens (tertiary/aromatic N) is 1. The van der Waals surface area contributed by atoms with Crippen molar-refractivity contribution in [2.45, 2.75) is 33.0 Å². The van der Waals surface area contributed by atoms with Gasteiger partial charge < -0.3 is 10.1 Å². The zero-order valence-electron chi connectivity index (χ0n) is 11.7. The number of hydrogen-bond donors (Lipinski definition) is 1. The Labute approximate surface area is 117 Å². The summed E-state index contributed by atoms with van der Waals surface area (Å²) in [5.74, 6) is -0.880. The second-order valence-electron chi connectivity index (χ2n) is 5.22. The van der Waals surface area contributed by atoms with Crippen LogP contribution in [0, 0.1) is 29.0 Å². The third-order valence-corrected chi connectivity index (χ3v) is 3.90. The van der Waals surface area contributed by atoms with Gasteiger partial charge in [-0.05, 0) is 38.0 Å². The van der Waals surface area contributed by atoms with Crippen molar-refractivity contribution in [2.75, 3.05) is 5.32 Å². The monoisotopic (exact) mass is 276 g/mol. The highest BCUT2D eigenvalue weighted by atomic mass is 19.1. The number of nitrogens with one attached hydrogen (secondary N) is 1. The number of halogens is 1. The Balaban J connectivity index is 2.19. The van der Waals surface area contributed by atoms with E-state index in [0.29, 0.717) is 5.69 Å². The minimum Gasteiger partial charge on any atom is -0.374 e. The van der Waals surface area contributed by atoms with Crippen LogP contribution in [0.5, 0.6) is 0 Å². The number of nitriles is 1. The molecule has 4 unspecified atom stereocenters. The number of carbonyl (C=O) groups is 1. The van der Waals surface area contributed by atoms with Crippen molar-refractivity contribution in [1.82, 2.24) is 0 Å². The Kier molecular flexibility index (Phi) is 4.05. The Hall–Kier alpha value is -1.93. The fraction of sp³-hybridized carbons (Fsp3) is 0.467. The Bertz CT molecular complexity index is 567. The lowest BCUT2D eigenvalue weighted by Gasteiger charge is -2.18. The highest BCUT2D eigenvalue weighted by Crippen LogP contribution is 2.33.